The quantitative estimate of drug-likeness (QED) is 0.146. The number of methoxy groups -OCH3 is 1. The number of phenolic OH excluding ortho intramolecular Hbond substituents is 1. The Balaban J connectivity index is 1.11. The molecule has 2 aliphatic carbocycles. The van der Waals surface area contributed by atoms with Crippen LogP contribution in [0.1, 0.15) is 31.2 Å². The van der Waals surface area contributed by atoms with Crippen LogP contribution in [0.4, 0.5) is 15.8 Å². The summed E-state index contributed by atoms with van der Waals surface area (Å²) in [5.74, 6) is -6.09. The van der Waals surface area contributed by atoms with Gasteiger partial charge in [0.2, 0.25) is 29.5 Å². The number of aromatic nitrogens is 1. The highest BCUT2D eigenvalue weighted by atomic mass is 35.5. The van der Waals surface area contributed by atoms with E-state index in [-0.39, 0.29) is 41.0 Å². The van der Waals surface area contributed by atoms with Crippen molar-refractivity contribution in [2.75, 3.05) is 16.9 Å². The highest BCUT2D eigenvalue weighted by molar-refractivity contribution is 6.32. The highest BCUT2D eigenvalue weighted by Crippen LogP contribution is 2.65. The van der Waals surface area contributed by atoms with E-state index in [2.05, 4.69) is 4.98 Å². The lowest BCUT2D eigenvalue weighted by Crippen LogP contribution is -2.48. The number of rotatable bonds is 5. The Kier molecular flexibility index (Phi) is 7.40. The van der Waals surface area contributed by atoms with E-state index >= 15 is 0 Å². The SMILES string of the molecule is COc1cccc([C@H]2C3=CC[C@@H]4C(=O)N(c5ccc(-c6nc7ccccc7o6)cc5)C(=O)[C@@H]4[C@@H]3C[C@H]3C(=O)N(c4ccc(F)c(Cl)c4)C(=O)[C@@]23C)c1O. The number of allylic oxidation sites excluding steroid dienone is 2. The predicted octanol–water partition coefficient (Wildman–Crippen LogP) is 7.44. The Morgan fingerprint density at radius 3 is 2.40 bits per heavy atom. The van der Waals surface area contributed by atoms with Crippen LogP contribution in [0.3, 0.4) is 0 Å². The van der Waals surface area contributed by atoms with Crippen LogP contribution in [0.15, 0.2) is 101 Å². The summed E-state index contributed by atoms with van der Waals surface area (Å²) >= 11 is 6.10. The number of carbonyl (C=O) groups is 4. The molecule has 12 heteroatoms. The second-order valence-corrected chi connectivity index (χ2v) is 14.6. The minimum Gasteiger partial charge on any atom is -0.504 e. The summed E-state index contributed by atoms with van der Waals surface area (Å²) < 4.78 is 25.5. The van der Waals surface area contributed by atoms with E-state index in [0.717, 1.165) is 11.0 Å². The molecule has 6 atom stereocenters. The van der Waals surface area contributed by atoms with Gasteiger partial charge >= 0.3 is 0 Å². The van der Waals surface area contributed by atoms with E-state index < -0.39 is 58.5 Å². The number of oxazole rings is 1. The molecule has 1 saturated carbocycles. The van der Waals surface area contributed by atoms with Crippen LogP contribution >= 0.6 is 11.6 Å². The Morgan fingerprint density at radius 1 is 0.906 bits per heavy atom. The van der Waals surface area contributed by atoms with Gasteiger partial charge in [-0.3, -0.25) is 24.1 Å². The molecule has 0 spiro atoms. The number of fused-ring (bicyclic) bond motifs is 5. The van der Waals surface area contributed by atoms with Crippen molar-refractivity contribution in [3.63, 3.8) is 0 Å². The molecule has 4 aromatic carbocycles. The van der Waals surface area contributed by atoms with Crippen molar-refractivity contribution in [1.29, 1.82) is 0 Å². The van der Waals surface area contributed by atoms with Crippen molar-refractivity contribution < 1.29 is 37.8 Å². The van der Waals surface area contributed by atoms with Crippen LogP contribution in [-0.4, -0.2) is 40.8 Å². The molecule has 266 valence electrons. The predicted molar refractivity (Wildman–Crippen MR) is 193 cm³/mol. The molecule has 4 amide bonds. The fourth-order valence-corrected chi connectivity index (χ4v) is 9.34. The number of hydrogen-bond donors (Lipinski definition) is 1. The van der Waals surface area contributed by atoms with E-state index in [0.29, 0.717) is 39.4 Å². The number of benzene rings is 4. The number of anilines is 2. The van der Waals surface area contributed by atoms with Crippen molar-refractivity contribution in [3.8, 4) is 23.0 Å². The van der Waals surface area contributed by atoms with E-state index in [1.54, 1.807) is 49.4 Å². The fourth-order valence-electron chi connectivity index (χ4n) is 9.17. The van der Waals surface area contributed by atoms with Crippen molar-refractivity contribution in [2.24, 2.45) is 29.1 Å². The molecule has 2 aliphatic heterocycles. The van der Waals surface area contributed by atoms with Gasteiger partial charge < -0.3 is 14.3 Å². The number of imide groups is 2. The third kappa shape index (κ3) is 4.66. The van der Waals surface area contributed by atoms with Crippen LogP contribution in [0.25, 0.3) is 22.6 Å². The number of halogens is 2. The van der Waals surface area contributed by atoms with Crippen molar-refractivity contribution in [3.05, 3.63) is 113 Å². The lowest BCUT2D eigenvalue weighted by Gasteiger charge is -2.49. The van der Waals surface area contributed by atoms with Gasteiger partial charge in [0.15, 0.2) is 17.1 Å². The first-order chi connectivity index (χ1) is 25.5. The summed E-state index contributed by atoms with van der Waals surface area (Å²) in [4.78, 5) is 64.5. The molecule has 1 N–H and O–H groups in total. The highest BCUT2D eigenvalue weighted by Gasteiger charge is 2.68. The van der Waals surface area contributed by atoms with E-state index in [1.807, 2.05) is 30.3 Å². The Hall–Kier alpha value is -5.81. The van der Waals surface area contributed by atoms with Gasteiger partial charge in [0, 0.05) is 17.0 Å². The molecule has 2 saturated heterocycles. The average Bonchev–Trinajstić information content (AvgIpc) is 3.77. The zero-order valence-corrected chi connectivity index (χ0v) is 29.2. The number of nitrogens with zero attached hydrogens (tertiary/aromatic N) is 3. The van der Waals surface area contributed by atoms with Crippen LogP contribution in [0, 0.1) is 34.9 Å². The van der Waals surface area contributed by atoms with Gasteiger partial charge in [0.1, 0.15) is 11.3 Å². The summed E-state index contributed by atoms with van der Waals surface area (Å²) in [6.45, 7) is 1.70. The van der Waals surface area contributed by atoms with Gasteiger partial charge in [-0.25, -0.2) is 14.3 Å². The van der Waals surface area contributed by atoms with Gasteiger partial charge in [-0.2, -0.15) is 0 Å². The summed E-state index contributed by atoms with van der Waals surface area (Å²) in [7, 11) is 1.42. The zero-order valence-electron chi connectivity index (χ0n) is 28.5. The molecule has 3 heterocycles. The first kappa shape index (κ1) is 33.1. The molecule has 0 bridgehead atoms. The minimum atomic E-state index is -1.43. The minimum absolute atomic E-state index is 0.101. The molecule has 3 fully saturated rings. The molecule has 4 aliphatic rings. The molecule has 5 aromatic rings. The van der Waals surface area contributed by atoms with E-state index in [9.17, 15) is 28.7 Å². The van der Waals surface area contributed by atoms with Crippen molar-refractivity contribution >= 4 is 57.7 Å². The van der Waals surface area contributed by atoms with Crippen LogP contribution in [0.2, 0.25) is 5.02 Å². The zero-order chi connectivity index (χ0) is 36.9. The third-order valence-electron chi connectivity index (χ3n) is 11.7. The fraction of sp³-hybridized carbons (Fsp3) is 0.244. The maximum Gasteiger partial charge on any atom is 0.241 e. The summed E-state index contributed by atoms with van der Waals surface area (Å²) in [5, 5.41) is 11.3. The first-order valence-electron chi connectivity index (χ1n) is 17.3. The summed E-state index contributed by atoms with van der Waals surface area (Å²) in [5.41, 5.74) is 2.16. The Labute approximate surface area is 307 Å². The summed E-state index contributed by atoms with van der Waals surface area (Å²) in [6, 6.07) is 22.9. The standard InChI is InChI=1S/C41H31ClFN3O7/c1-41-27(38(49)46(40(41)51)22-14-17-29(43)28(42)18-22)19-26-23(34(41)25-6-5-9-32(52-2)35(25)47)15-16-24-33(26)39(50)45(37(24)48)21-12-10-20(11-13-21)36-44-30-7-3-4-8-31(30)53-36/h3-15,17-18,24,26-27,33-34,47H,16,19H2,1-2H3/t24-,26+,27-,33-,34+,41+/m0/s1. The molecule has 9 rings (SSSR count). The Bertz CT molecular complexity index is 2410. The molecule has 10 nitrogen and oxygen atoms in total. The second kappa shape index (κ2) is 11.9. The van der Waals surface area contributed by atoms with Crippen LogP contribution < -0.4 is 14.5 Å². The molecular formula is C41H31ClFN3O7. The second-order valence-electron chi connectivity index (χ2n) is 14.2. The lowest BCUT2D eigenvalue weighted by molar-refractivity contribution is -0.131. The van der Waals surface area contributed by atoms with Crippen molar-refractivity contribution in [1.82, 2.24) is 4.98 Å². The van der Waals surface area contributed by atoms with Gasteiger partial charge in [-0.15, -0.1) is 0 Å². The normalized spacial score (nSPS) is 26.5. The monoisotopic (exact) mass is 731 g/mol. The summed E-state index contributed by atoms with van der Waals surface area (Å²) in [6.07, 6.45) is 2.22. The molecule has 1 aromatic heterocycles. The van der Waals surface area contributed by atoms with E-state index in [1.165, 1.54) is 24.1 Å². The average molecular weight is 732 g/mol. The van der Waals surface area contributed by atoms with E-state index in [4.69, 9.17) is 20.8 Å². The maximum atomic E-state index is 14.6. The maximum absolute atomic E-state index is 14.6. The van der Waals surface area contributed by atoms with Crippen LogP contribution in [-0.2, 0) is 19.2 Å². The molecule has 0 unspecified atom stereocenters. The smallest absolute Gasteiger partial charge is 0.241 e. The lowest BCUT2D eigenvalue weighted by atomic mass is 9.51. The van der Waals surface area contributed by atoms with Crippen molar-refractivity contribution in [2.45, 2.75) is 25.7 Å². The first-order valence-corrected chi connectivity index (χ1v) is 17.6. The van der Waals surface area contributed by atoms with Gasteiger partial charge in [-0.05, 0) is 86.3 Å². The number of para-hydroxylation sites is 3. The molecule has 0 radical (unpaired) electrons. The molecular weight excluding hydrogens is 701 g/mol. The number of carbonyl (C=O) groups excluding carboxylic acids is 4. The van der Waals surface area contributed by atoms with Gasteiger partial charge in [0.25, 0.3) is 0 Å². The number of amides is 4. The third-order valence-corrected chi connectivity index (χ3v) is 12.0. The molecule has 53 heavy (non-hydrogen) atoms. The number of ether oxygens (including phenoxy) is 1. The largest absolute Gasteiger partial charge is 0.504 e. The number of aromatic hydroxyl groups is 1. The Morgan fingerprint density at radius 2 is 1.66 bits per heavy atom. The number of phenols is 1. The number of hydrogen-bond acceptors (Lipinski definition) is 8. The van der Waals surface area contributed by atoms with Gasteiger partial charge in [-0.1, -0.05) is 47.5 Å². The topological polar surface area (TPSA) is 130 Å². The van der Waals surface area contributed by atoms with Crippen LogP contribution in [0.5, 0.6) is 11.5 Å². The van der Waals surface area contributed by atoms with Gasteiger partial charge in [0.05, 0.1) is 46.7 Å².